The van der Waals surface area contributed by atoms with E-state index >= 15 is 0 Å². The molecular formula is C28H39N9O4. The third kappa shape index (κ3) is 7.10. The molecule has 3 aromatic rings. The number of amides is 1. The molecule has 4 heterocycles. The van der Waals surface area contributed by atoms with Crippen molar-refractivity contribution in [2.75, 3.05) is 87.2 Å². The molecule has 0 saturated carbocycles. The van der Waals surface area contributed by atoms with Crippen molar-refractivity contribution in [1.29, 1.82) is 0 Å². The Hall–Kier alpha value is -3.81. The van der Waals surface area contributed by atoms with Crippen LogP contribution in [0.3, 0.4) is 0 Å². The topological polar surface area (TPSA) is 154 Å². The average molecular weight is 566 g/mol. The molecule has 2 aliphatic rings. The predicted octanol–water partition coefficient (Wildman–Crippen LogP) is 0.772. The predicted molar refractivity (Wildman–Crippen MR) is 158 cm³/mol. The van der Waals surface area contributed by atoms with Crippen LogP contribution in [0.5, 0.6) is 0 Å². The summed E-state index contributed by atoms with van der Waals surface area (Å²) in [6, 6.07) is 8.03. The number of nitrogens with one attached hydrogen (secondary N) is 2. The lowest BCUT2D eigenvalue weighted by molar-refractivity contribution is -0.133. The highest BCUT2D eigenvalue weighted by atomic mass is 16.3. The van der Waals surface area contributed by atoms with Crippen LogP contribution in [0.2, 0.25) is 0 Å². The lowest BCUT2D eigenvalue weighted by atomic mass is 10.2. The molecule has 41 heavy (non-hydrogen) atoms. The Kier molecular flexibility index (Phi) is 9.59. The lowest BCUT2D eigenvalue weighted by Crippen LogP contribution is -2.50. The smallest absolute Gasteiger partial charge is 0.277 e. The van der Waals surface area contributed by atoms with Crippen LogP contribution in [0.4, 0.5) is 23.1 Å². The highest BCUT2D eigenvalue weighted by Gasteiger charge is 2.22. The van der Waals surface area contributed by atoms with Gasteiger partial charge in [-0.15, -0.1) is 0 Å². The Morgan fingerprint density at radius 3 is 2.24 bits per heavy atom. The Morgan fingerprint density at radius 2 is 1.59 bits per heavy atom. The van der Waals surface area contributed by atoms with Gasteiger partial charge in [0.05, 0.1) is 26.0 Å². The largest absolute Gasteiger partial charge is 0.395 e. The molecule has 0 radical (unpaired) electrons. The number of nitrogens with zero attached hydrogens (tertiary/aromatic N) is 7. The first-order valence-corrected chi connectivity index (χ1v) is 14.4. The number of benzene rings is 1. The molecule has 0 unspecified atom stereocenters. The standard InChI is InChI=1S/C28H39N9O4/c38-17-15-36(16-18-39)24(40)20-34-11-13-35(14-12-34)22-7-5-21(6-8-22)30-26-25-23(19-29-33-27(25)41)31-28(32-26)37-9-3-1-2-4-10-37/h5-8,19,38-39H,1-4,9-18,20H2,(H,33,41)(H,30,31,32). The van der Waals surface area contributed by atoms with E-state index in [-0.39, 0.29) is 44.3 Å². The van der Waals surface area contributed by atoms with Crippen LogP contribution < -0.4 is 20.7 Å². The van der Waals surface area contributed by atoms with Crippen molar-refractivity contribution < 1.29 is 15.0 Å². The zero-order chi connectivity index (χ0) is 28.6. The zero-order valence-corrected chi connectivity index (χ0v) is 23.3. The molecule has 13 heteroatoms. The molecule has 2 aliphatic heterocycles. The van der Waals surface area contributed by atoms with Gasteiger partial charge in [-0.2, -0.15) is 10.1 Å². The SMILES string of the molecule is O=C(CN1CCN(c2ccc(Nc3nc(N4CCCCCC4)nc4cn[nH]c(=O)c34)cc2)CC1)N(CCO)CCO. The first kappa shape index (κ1) is 28.7. The molecule has 0 spiro atoms. The third-order valence-electron chi connectivity index (χ3n) is 7.71. The van der Waals surface area contributed by atoms with E-state index in [0.717, 1.165) is 63.5 Å². The summed E-state index contributed by atoms with van der Waals surface area (Å²) in [6.07, 6.45) is 6.15. The van der Waals surface area contributed by atoms with Gasteiger partial charge in [-0.3, -0.25) is 14.5 Å². The highest BCUT2D eigenvalue weighted by molar-refractivity contribution is 5.90. The maximum absolute atomic E-state index is 12.7. The van der Waals surface area contributed by atoms with Crippen molar-refractivity contribution in [2.45, 2.75) is 25.7 Å². The number of anilines is 4. The van der Waals surface area contributed by atoms with Crippen molar-refractivity contribution >= 4 is 40.0 Å². The van der Waals surface area contributed by atoms with Crippen LogP contribution in [-0.4, -0.2) is 118 Å². The Bertz CT molecular complexity index is 1340. The second kappa shape index (κ2) is 13.7. The second-order valence-corrected chi connectivity index (χ2v) is 10.5. The quantitative estimate of drug-likeness (QED) is 0.276. The highest BCUT2D eigenvalue weighted by Crippen LogP contribution is 2.27. The third-order valence-corrected chi connectivity index (χ3v) is 7.71. The number of piperazine rings is 1. The minimum absolute atomic E-state index is 0.0807. The Labute approximate surface area is 238 Å². The molecule has 1 aromatic carbocycles. The summed E-state index contributed by atoms with van der Waals surface area (Å²) in [7, 11) is 0. The van der Waals surface area contributed by atoms with Crippen molar-refractivity contribution in [2.24, 2.45) is 0 Å². The number of H-pyrrole nitrogens is 1. The number of aliphatic hydroxyl groups excluding tert-OH is 2. The summed E-state index contributed by atoms with van der Waals surface area (Å²) >= 11 is 0. The first-order chi connectivity index (χ1) is 20.1. The van der Waals surface area contributed by atoms with Gasteiger partial charge in [0, 0.05) is 63.7 Å². The van der Waals surface area contributed by atoms with E-state index in [1.807, 2.05) is 24.3 Å². The van der Waals surface area contributed by atoms with E-state index < -0.39 is 0 Å². The molecule has 0 bridgehead atoms. The molecular weight excluding hydrogens is 526 g/mol. The molecule has 220 valence electrons. The number of aromatic amines is 1. The van der Waals surface area contributed by atoms with Crippen LogP contribution >= 0.6 is 0 Å². The Balaban J connectivity index is 1.25. The van der Waals surface area contributed by atoms with Crippen LogP contribution in [-0.2, 0) is 4.79 Å². The molecule has 0 aliphatic carbocycles. The molecule has 4 N–H and O–H groups in total. The van der Waals surface area contributed by atoms with Gasteiger partial charge in [0.15, 0.2) is 0 Å². The van der Waals surface area contributed by atoms with Gasteiger partial charge in [0.1, 0.15) is 16.7 Å². The normalized spacial score (nSPS) is 16.5. The fourth-order valence-electron chi connectivity index (χ4n) is 5.44. The molecule has 13 nitrogen and oxygen atoms in total. The number of aliphatic hydroxyl groups is 2. The van der Waals surface area contributed by atoms with E-state index in [2.05, 4.69) is 35.2 Å². The van der Waals surface area contributed by atoms with Crippen molar-refractivity contribution in [3.8, 4) is 0 Å². The monoisotopic (exact) mass is 565 g/mol. The molecule has 0 atom stereocenters. The summed E-state index contributed by atoms with van der Waals surface area (Å²) in [5, 5.41) is 28.6. The van der Waals surface area contributed by atoms with Crippen LogP contribution in [0.15, 0.2) is 35.3 Å². The van der Waals surface area contributed by atoms with Gasteiger partial charge in [0.2, 0.25) is 11.9 Å². The summed E-state index contributed by atoms with van der Waals surface area (Å²) in [5.41, 5.74) is 2.05. The van der Waals surface area contributed by atoms with Crippen molar-refractivity contribution in [1.82, 2.24) is 30.0 Å². The van der Waals surface area contributed by atoms with E-state index in [0.29, 0.717) is 22.7 Å². The molecule has 2 fully saturated rings. The summed E-state index contributed by atoms with van der Waals surface area (Å²) in [6.45, 7) is 5.30. The maximum atomic E-state index is 12.7. The lowest BCUT2D eigenvalue weighted by Gasteiger charge is -2.36. The fourth-order valence-corrected chi connectivity index (χ4v) is 5.44. The number of aromatic nitrogens is 4. The van der Waals surface area contributed by atoms with Crippen LogP contribution in [0, 0.1) is 0 Å². The van der Waals surface area contributed by atoms with Gasteiger partial charge in [-0.1, -0.05) is 12.8 Å². The number of carbonyl (C=O) groups is 1. The first-order valence-electron chi connectivity index (χ1n) is 14.4. The van der Waals surface area contributed by atoms with E-state index in [1.54, 1.807) is 6.20 Å². The molecule has 2 aromatic heterocycles. The second-order valence-electron chi connectivity index (χ2n) is 10.5. The van der Waals surface area contributed by atoms with Gasteiger partial charge < -0.3 is 30.2 Å². The number of fused-ring (bicyclic) bond motifs is 1. The minimum atomic E-state index is -0.337. The van der Waals surface area contributed by atoms with E-state index in [1.165, 1.54) is 17.7 Å². The van der Waals surface area contributed by atoms with Gasteiger partial charge in [0.25, 0.3) is 5.56 Å². The van der Waals surface area contributed by atoms with E-state index in [9.17, 15) is 19.8 Å². The van der Waals surface area contributed by atoms with Crippen LogP contribution in [0.1, 0.15) is 25.7 Å². The van der Waals surface area contributed by atoms with E-state index in [4.69, 9.17) is 4.98 Å². The van der Waals surface area contributed by atoms with Gasteiger partial charge in [-0.25, -0.2) is 10.1 Å². The fraction of sp³-hybridized carbons (Fsp3) is 0.536. The number of carbonyl (C=O) groups excluding carboxylic acids is 1. The zero-order valence-electron chi connectivity index (χ0n) is 23.3. The summed E-state index contributed by atoms with van der Waals surface area (Å²) in [5.74, 6) is 0.987. The molecule has 5 rings (SSSR count). The number of hydrogen-bond acceptors (Lipinski definition) is 11. The van der Waals surface area contributed by atoms with Crippen molar-refractivity contribution in [3.05, 3.63) is 40.8 Å². The van der Waals surface area contributed by atoms with Gasteiger partial charge >= 0.3 is 0 Å². The number of hydrogen-bond donors (Lipinski definition) is 4. The van der Waals surface area contributed by atoms with Crippen molar-refractivity contribution in [3.63, 3.8) is 0 Å². The maximum Gasteiger partial charge on any atom is 0.277 e. The Morgan fingerprint density at radius 1 is 0.902 bits per heavy atom. The van der Waals surface area contributed by atoms with Gasteiger partial charge in [-0.05, 0) is 37.1 Å². The average Bonchev–Trinajstić information content (AvgIpc) is 3.28. The summed E-state index contributed by atoms with van der Waals surface area (Å²) in [4.78, 5) is 42.8. The minimum Gasteiger partial charge on any atom is -0.395 e. The molecule has 1 amide bonds. The molecule has 2 saturated heterocycles. The van der Waals surface area contributed by atoms with Crippen LogP contribution in [0.25, 0.3) is 10.9 Å². The summed E-state index contributed by atoms with van der Waals surface area (Å²) < 4.78 is 0. The number of rotatable bonds is 10.